The summed E-state index contributed by atoms with van der Waals surface area (Å²) in [5.41, 5.74) is 1.81. The second-order valence-corrected chi connectivity index (χ2v) is 5.17. The summed E-state index contributed by atoms with van der Waals surface area (Å²) in [4.78, 5) is 17.9. The molecule has 1 aromatic heterocycles. The number of hydrogen-bond donors (Lipinski definition) is 1. The number of aromatic nitrogens is 1. The lowest BCUT2D eigenvalue weighted by Gasteiger charge is -2.20. The number of benzene rings is 1. The van der Waals surface area contributed by atoms with E-state index in [-0.39, 0.29) is 19.1 Å². The van der Waals surface area contributed by atoms with Crippen molar-refractivity contribution in [2.45, 2.75) is 6.54 Å². The Morgan fingerprint density at radius 1 is 1.27 bits per heavy atom. The van der Waals surface area contributed by atoms with Crippen LogP contribution < -0.4 is 0 Å². The van der Waals surface area contributed by atoms with Crippen LogP contribution in [0.4, 0.5) is 0 Å². The van der Waals surface area contributed by atoms with Crippen molar-refractivity contribution in [3.8, 4) is 0 Å². The summed E-state index contributed by atoms with van der Waals surface area (Å²) in [5, 5.41) is 9.79. The second kappa shape index (κ2) is 8.32. The molecule has 1 heterocycles. The number of hydrogen-bond acceptors (Lipinski definition) is 3. The minimum Gasteiger partial charge on any atom is -0.395 e. The number of aliphatic hydroxyl groups excluding tert-OH is 1. The van der Waals surface area contributed by atoms with E-state index in [2.05, 4.69) is 4.98 Å². The highest BCUT2D eigenvalue weighted by atomic mass is 35.5. The molecular formula is C17H17ClN2O2. The van der Waals surface area contributed by atoms with E-state index in [0.29, 0.717) is 11.6 Å². The van der Waals surface area contributed by atoms with Gasteiger partial charge in [0.15, 0.2) is 0 Å². The van der Waals surface area contributed by atoms with E-state index in [1.807, 2.05) is 24.3 Å². The van der Waals surface area contributed by atoms with Crippen molar-refractivity contribution in [2.75, 3.05) is 13.2 Å². The highest BCUT2D eigenvalue weighted by Crippen LogP contribution is 2.11. The molecule has 0 aliphatic heterocycles. The van der Waals surface area contributed by atoms with Crippen molar-refractivity contribution < 1.29 is 9.90 Å². The Morgan fingerprint density at radius 3 is 2.68 bits per heavy atom. The first kappa shape index (κ1) is 16.2. The Balaban J connectivity index is 2.04. The number of amides is 1. The van der Waals surface area contributed by atoms with Gasteiger partial charge in [-0.1, -0.05) is 29.8 Å². The summed E-state index contributed by atoms with van der Waals surface area (Å²) in [6.07, 6.45) is 6.62. The molecule has 0 saturated heterocycles. The molecule has 4 nitrogen and oxygen atoms in total. The number of aliphatic hydroxyl groups is 1. The highest BCUT2D eigenvalue weighted by Gasteiger charge is 2.10. The van der Waals surface area contributed by atoms with Crippen molar-refractivity contribution in [3.63, 3.8) is 0 Å². The van der Waals surface area contributed by atoms with E-state index in [1.165, 1.54) is 6.08 Å². The zero-order valence-corrected chi connectivity index (χ0v) is 12.8. The number of nitrogens with zero attached hydrogens (tertiary/aromatic N) is 2. The van der Waals surface area contributed by atoms with Crippen LogP contribution in [0, 0.1) is 0 Å². The van der Waals surface area contributed by atoms with Crippen LogP contribution in [0.1, 0.15) is 11.1 Å². The minimum atomic E-state index is -0.159. The van der Waals surface area contributed by atoms with Crippen molar-refractivity contribution in [3.05, 3.63) is 71.0 Å². The fourth-order valence-corrected chi connectivity index (χ4v) is 2.07. The second-order valence-electron chi connectivity index (χ2n) is 4.73. The summed E-state index contributed by atoms with van der Waals surface area (Å²) < 4.78 is 0. The molecule has 0 unspecified atom stereocenters. The molecule has 2 aromatic rings. The van der Waals surface area contributed by atoms with Crippen LogP contribution >= 0.6 is 11.6 Å². The van der Waals surface area contributed by atoms with E-state index in [1.54, 1.807) is 35.5 Å². The third-order valence-electron chi connectivity index (χ3n) is 3.07. The maximum absolute atomic E-state index is 12.3. The van der Waals surface area contributed by atoms with Crippen molar-refractivity contribution in [1.82, 2.24) is 9.88 Å². The summed E-state index contributed by atoms with van der Waals surface area (Å²) in [6.45, 7) is 0.609. The number of carbonyl (C=O) groups is 1. The smallest absolute Gasteiger partial charge is 0.246 e. The van der Waals surface area contributed by atoms with Gasteiger partial charge in [-0.25, -0.2) is 0 Å². The first-order valence-electron chi connectivity index (χ1n) is 6.91. The fraction of sp³-hybridized carbons (Fsp3) is 0.176. The average Bonchev–Trinajstić information content (AvgIpc) is 2.54. The summed E-state index contributed by atoms with van der Waals surface area (Å²) >= 11 is 5.82. The summed E-state index contributed by atoms with van der Waals surface area (Å²) in [7, 11) is 0. The predicted octanol–water partition coefficient (Wildman–Crippen LogP) is 2.77. The van der Waals surface area contributed by atoms with Gasteiger partial charge in [-0.05, 0) is 35.4 Å². The predicted molar refractivity (Wildman–Crippen MR) is 87.2 cm³/mol. The van der Waals surface area contributed by atoms with Gasteiger partial charge < -0.3 is 10.0 Å². The van der Waals surface area contributed by atoms with Crippen LogP contribution in [0.3, 0.4) is 0 Å². The van der Waals surface area contributed by atoms with Crippen LogP contribution in [-0.2, 0) is 11.3 Å². The first-order chi connectivity index (χ1) is 10.7. The lowest BCUT2D eigenvalue weighted by atomic mass is 10.2. The molecule has 1 amide bonds. The molecule has 0 radical (unpaired) electrons. The van der Waals surface area contributed by atoms with Gasteiger partial charge in [0, 0.05) is 36.6 Å². The largest absolute Gasteiger partial charge is 0.395 e. The maximum Gasteiger partial charge on any atom is 0.246 e. The Hall–Kier alpha value is -2.17. The van der Waals surface area contributed by atoms with Crippen LogP contribution in [0.25, 0.3) is 6.08 Å². The van der Waals surface area contributed by atoms with E-state index in [4.69, 9.17) is 16.7 Å². The number of pyridine rings is 1. The van der Waals surface area contributed by atoms with E-state index in [9.17, 15) is 4.79 Å². The number of carbonyl (C=O) groups excluding carboxylic acids is 1. The van der Waals surface area contributed by atoms with Gasteiger partial charge in [0.2, 0.25) is 5.91 Å². The van der Waals surface area contributed by atoms with Crippen molar-refractivity contribution in [2.24, 2.45) is 0 Å². The number of halogens is 1. The molecule has 1 aromatic carbocycles. The van der Waals surface area contributed by atoms with Gasteiger partial charge >= 0.3 is 0 Å². The van der Waals surface area contributed by atoms with Crippen molar-refractivity contribution >= 4 is 23.6 Å². The Morgan fingerprint density at radius 2 is 2.05 bits per heavy atom. The topological polar surface area (TPSA) is 53.4 Å². The van der Waals surface area contributed by atoms with Crippen LogP contribution in [0.5, 0.6) is 0 Å². The third kappa shape index (κ3) is 4.98. The molecule has 22 heavy (non-hydrogen) atoms. The Bertz CT molecular complexity index is 627. The molecule has 0 aliphatic rings. The zero-order chi connectivity index (χ0) is 15.8. The van der Waals surface area contributed by atoms with Gasteiger partial charge in [-0.15, -0.1) is 0 Å². The van der Waals surface area contributed by atoms with Crippen LogP contribution in [0.2, 0.25) is 5.02 Å². The molecule has 0 saturated carbocycles. The van der Waals surface area contributed by atoms with Crippen LogP contribution in [0.15, 0.2) is 54.9 Å². The fourth-order valence-electron chi connectivity index (χ4n) is 1.95. The molecule has 5 heteroatoms. The Kier molecular flexibility index (Phi) is 6.13. The lowest BCUT2D eigenvalue weighted by molar-refractivity contribution is -0.127. The van der Waals surface area contributed by atoms with Gasteiger partial charge in [0.05, 0.1) is 6.61 Å². The SMILES string of the molecule is O=C(/C=C/c1ccc(Cl)cc1)N(CCO)Cc1cccnc1. The molecule has 0 spiro atoms. The van der Waals surface area contributed by atoms with Gasteiger partial charge in [-0.3, -0.25) is 9.78 Å². The molecule has 0 atom stereocenters. The lowest BCUT2D eigenvalue weighted by Crippen LogP contribution is -2.31. The Labute approximate surface area is 134 Å². The molecule has 0 fully saturated rings. The van der Waals surface area contributed by atoms with Gasteiger partial charge in [-0.2, -0.15) is 0 Å². The molecule has 1 N–H and O–H groups in total. The quantitative estimate of drug-likeness (QED) is 0.834. The standard InChI is InChI=1S/C17H17ClN2O2/c18-16-6-3-14(4-7-16)5-8-17(22)20(10-11-21)13-15-2-1-9-19-12-15/h1-9,12,21H,10-11,13H2/b8-5+. The normalized spacial score (nSPS) is 10.8. The molecule has 0 aliphatic carbocycles. The molecular weight excluding hydrogens is 300 g/mol. The summed E-state index contributed by atoms with van der Waals surface area (Å²) in [6, 6.07) is 10.9. The average molecular weight is 317 g/mol. The van der Waals surface area contributed by atoms with Crippen LogP contribution in [-0.4, -0.2) is 34.0 Å². The minimum absolute atomic E-state index is 0.0826. The third-order valence-corrected chi connectivity index (χ3v) is 3.32. The van der Waals surface area contributed by atoms with E-state index >= 15 is 0 Å². The molecule has 2 rings (SSSR count). The first-order valence-corrected chi connectivity index (χ1v) is 7.29. The van der Waals surface area contributed by atoms with E-state index in [0.717, 1.165) is 11.1 Å². The van der Waals surface area contributed by atoms with E-state index < -0.39 is 0 Å². The maximum atomic E-state index is 12.3. The summed E-state index contributed by atoms with van der Waals surface area (Å²) in [5.74, 6) is -0.159. The zero-order valence-electron chi connectivity index (χ0n) is 12.0. The molecule has 114 valence electrons. The monoisotopic (exact) mass is 316 g/mol. The van der Waals surface area contributed by atoms with Gasteiger partial charge in [0.1, 0.15) is 0 Å². The highest BCUT2D eigenvalue weighted by molar-refractivity contribution is 6.30. The molecule has 0 bridgehead atoms. The van der Waals surface area contributed by atoms with Crippen molar-refractivity contribution in [1.29, 1.82) is 0 Å². The number of rotatable bonds is 6. The van der Waals surface area contributed by atoms with Gasteiger partial charge in [0.25, 0.3) is 0 Å².